The lowest BCUT2D eigenvalue weighted by Crippen LogP contribution is -2.23. The van der Waals surface area contributed by atoms with E-state index in [4.69, 9.17) is 0 Å². The first-order valence-electron chi connectivity index (χ1n) is 8.76. The number of aryl methyl sites for hydroxylation is 1. The highest BCUT2D eigenvalue weighted by Gasteiger charge is 2.23. The fraction of sp³-hybridized carbons (Fsp3) is 0.211. The van der Waals surface area contributed by atoms with Crippen LogP contribution in [0, 0.1) is 0 Å². The molecule has 10 heteroatoms. The smallest absolute Gasteiger partial charge is 0.257 e. The zero-order valence-electron chi connectivity index (χ0n) is 16.1. The van der Waals surface area contributed by atoms with Gasteiger partial charge in [-0.1, -0.05) is 25.1 Å². The number of halogens is 1. The molecule has 1 aromatic heterocycles. The van der Waals surface area contributed by atoms with Crippen molar-refractivity contribution in [3.63, 3.8) is 0 Å². The van der Waals surface area contributed by atoms with Gasteiger partial charge in [0.15, 0.2) is 16.9 Å². The number of para-hydroxylation sites is 1. The number of hydrogen-bond donors (Lipinski definition) is 3. The van der Waals surface area contributed by atoms with Crippen LogP contribution in [0.1, 0.15) is 22.8 Å². The van der Waals surface area contributed by atoms with E-state index in [0.29, 0.717) is 12.1 Å². The van der Waals surface area contributed by atoms with Gasteiger partial charge >= 0.3 is 0 Å². The highest BCUT2D eigenvalue weighted by atomic mass is 79.9. The number of benzene rings is 2. The normalized spacial score (nSPS) is 11.3. The summed E-state index contributed by atoms with van der Waals surface area (Å²) in [7, 11) is 3.25. The summed E-state index contributed by atoms with van der Waals surface area (Å²) in [5.74, 6) is -0.0413. The Hall–Kier alpha value is -2.69. The second-order valence-electron chi connectivity index (χ2n) is 6.39. The van der Waals surface area contributed by atoms with Crippen LogP contribution in [0.2, 0.25) is 0 Å². The van der Waals surface area contributed by atoms with Gasteiger partial charge in [-0.2, -0.15) is 0 Å². The van der Waals surface area contributed by atoms with Crippen LogP contribution in [-0.2, 0) is 6.42 Å². The van der Waals surface area contributed by atoms with Gasteiger partial charge in [0.25, 0.3) is 5.91 Å². The zero-order chi connectivity index (χ0) is 21.1. The fourth-order valence-electron chi connectivity index (χ4n) is 2.74. The second-order valence-corrected chi connectivity index (χ2v) is 8.07. The Balaban J connectivity index is 1.98. The number of carbonyl (C=O) groups is 1. The number of anilines is 4. The molecule has 0 fully saturated rings. The van der Waals surface area contributed by atoms with Crippen LogP contribution < -0.4 is 10.6 Å². The lowest BCUT2D eigenvalue weighted by Gasteiger charge is -2.17. The van der Waals surface area contributed by atoms with Crippen molar-refractivity contribution in [3.05, 3.63) is 52.0 Å². The summed E-state index contributed by atoms with van der Waals surface area (Å²) >= 11 is 1.64. The van der Waals surface area contributed by atoms with Crippen molar-refractivity contribution in [2.24, 2.45) is 0 Å². The maximum Gasteiger partial charge on any atom is 0.257 e. The summed E-state index contributed by atoms with van der Waals surface area (Å²) < 4.78 is 20.7. The molecule has 29 heavy (non-hydrogen) atoms. The quantitative estimate of drug-likeness (QED) is 0.355. The minimum absolute atomic E-state index is 0.191. The van der Waals surface area contributed by atoms with Crippen molar-refractivity contribution < 1.29 is 14.5 Å². The molecule has 1 atom stereocenters. The Bertz CT molecular complexity index is 1050. The van der Waals surface area contributed by atoms with Gasteiger partial charge in [0.1, 0.15) is 0 Å². The van der Waals surface area contributed by atoms with Crippen LogP contribution in [0.4, 0.5) is 23.0 Å². The molecule has 3 aromatic rings. The number of hydrogen-bond acceptors (Lipinski definition) is 7. The highest BCUT2D eigenvalue weighted by Crippen LogP contribution is 2.37. The summed E-state index contributed by atoms with van der Waals surface area (Å²) in [5, 5.41) is 16.8. The molecular formula is C19H20BrN5O3S. The third-order valence-corrected chi connectivity index (χ3v) is 5.58. The van der Waals surface area contributed by atoms with Gasteiger partial charge in [-0.3, -0.25) is 4.79 Å². The number of nitrogens with zero attached hydrogens (tertiary/aromatic N) is 3. The standard InChI is InChI=1S/C19H20BrN5O3S/c1-4-11-9-10-14(16(26)15(11)19(27)25(2)3)22-18-17(23-29(28)24-18)21-13-8-6-5-7-12(13)20/h5-10,26H,4H2,1-3H3,(H,21,23)(H,22,24). The van der Waals surface area contributed by atoms with Gasteiger partial charge < -0.3 is 25.2 Å². The molecule has 0 aliphatic rings. The predicted octanol–water partition coefficient (Wildman–Crippen LogP) is 4.42. The Kier molecular flexibility index (Phi) is 6.36. The largest absolute Gasteiger partial charge is 0.546 e. The van der Waals surface area contributed by atoms with E-state index in [1.165, 1.54) is 4.90 Å². The maximum absolute atomic E-state index is 12.5. The molecule has 0 aliphatic heterocycles. The molecule has 8 nitrogen and oxygen atoms in total. The summed E-state index contributed by atoms with van der Waals surface area (Å²) in [6, 6.07) is 10.8. The predicted molar refractivity (Wildman–Crippen MR) is 117 cm³/mol. The Labute approximate surface area is 179 Å². The van der Waals surface area contributed by atoms with E-state index in [0.717, 1.165) is 10.0 Å². The van der Waals surface area contributed by atoms with Gasteiger partial charge in [-0.25, -0.2) is 0 Å². The fourth-order valence-corrected chi connectivity index (χ4v) is 3.74. The average Bonchev–Trinajstić information content (AvgIpc) is 3.03. The molecule has 0 saturated heterocycles. The van der Waals surface area contributed by atoms with E-state index in [2.05, 4.69) is 35.3 Å². The first kappa shape index (κ1) is 21.0. The van der Waals surface area contributed by atoms with Gasteiger partial charge in [0.05, 0.1) is 16.9 Å². The monoisotopic (exact) mass is 477 g/mol. The van der Waals surface area contributed by atoms with Crippen LogP contribution in [0.5, 0.6) is 5.75 Å². The molecule has 0 bridgehead atoms. The number of nitrogens with one attached hydrogen (secondary N) is 2. The van der Waals surface area contributed by atoms with E-state index in [-0.39, 0.29) is 34.5 Å². The number of aromatic hydroxyl groups is 1. The SMILES string of the molecule is CCc1ccc(Nc2n[s+]([O-])nc2Nc2ccccc2Br)c(O)c1C(=O)N(C)C. The molecule has 3 rings (SSSR count). The summed E-state index contributed by atoms with van der Waals surface area (Å²) in [6.45, 7) is 1.91. The number of carbonyl (C=O) groups excluding carboxylic acids is 1. The summed E-state index contributed by atoms with van der Waals surface area (Å²) in [6.07, 6.45) is 0.587. The summed E-state index contributed by atoms with van der Waals surface area (Å²) in [5.41, 5.74) is 1.93. The number of rotatable bonds is 6. The molecular weight excluding hydrogens is 458 g/mol. The maximum atomic E-state index is 12.5. The molecule has 0 saturated carbocycles. The van der Waals surface area contributed by atoms with Crippen molar-refractivity contribution >= 4 is 56.0 Å². The van der Waals surface area contributed by atoms with Crippen molar-refractivity contribution in [2.75, 3.05) is 24.7 Å². The van der Waals surface area contributed by atoms with Crippen LogP contribution in [0.3, 0.4) is 0 Å². The van der Waals surface area contributed by atoms with Crippen LogP contribution in [-0.4, -0.2) is 43.3 Å². The Morgan fingerprint density at radius 2 is 1.76 bits per heavy atom. The molecule has 2 aromatic carbocycles. The average molecular weight is 478 g/mol. The van der Waals surface area contributed by atoms with E-state index < -0.39 is 11.1 Å². The molecule has 0 aliphatic carbocycles. The number of amides is 1. The van der Waals surface area contributed by atoms with Crippen LogP contribution in [0.15, 0.2) is 40.9 Å². The van der Waals surface area contributed by atoms with Crippen LogP contribution in [0.25, 0.3) is 0 Å². The van der Waals surface area contributed by atoms with E-state index in [1.807, 2.05) is 31.2 Å². The minimum atomic E-state index is -1.79. The van der Waals surface area contributed by atoms with Gasteiger partial charge in [0, 0.05) is 27.3 Å². The lowest BCUT2D eigenvalue weighted by atomic mass is 10.0. The van der Waals surface area contributed by atoms with Gasteiger partial charge in [-0.15, -0.1) is 0 Å². The number of aromatic nitrogens is 2. The molecule has 0 radical (unpaired) electrons. The molecule has 0 spiro atoms. The van der Waals surface area contributed by atoms with Crippen molar-refractivity contribution in [1.29, 1.82) is 0 Å². The molecule has 152 valence electrons. The summed E-state index contributed by atoms with van der Waals surface area (Å²) in [4.78, 5) is 14.0. The Morgan fingerprint density at radius 1 is 1.14 bits per heavy atom. The molecule has 1 heterocycles. The minimum Gasteiger partial charge on any atom is -0.546 e. The number of phenols is 1. The van der Waals surface area contributed by atoms with Crippen LogP contribution >= 0.6 is 27.1 Å². The Morgan fingerprint density at radius 3 is 2.34 bits per heavy atom. The van der Waals surface area contributed by atoms with Gasteiger partial charge in [0.2, 0.25) is 11.6 Å². The van der Waals surface area contributed by atoms with E-state index in [9.17, 15) is 14.5 Å². The molecule has 3 N–H and O–H groups in total. The third kappa shape index (κ3) is 4.50. The van der Waals surface area contributed by atoms with Gasteiger partial charge in [-0.05, 0) is 46.1 Å². The first-order chi connectivity index (χ1) is 13.8. The second kappa shape index (κ2) is 8.76. The first-order valence-corrected chi connectivity index (χ1v) is 10.6. The molecule has 1 unspecified atom stereocenters. The van der Waals surface area contributed by atoms with E-state index >= 15 is 0 Å². The highest BCUT2D eigenvalue weighted by molar-refractivity contribution is 9.10. The number of phenolic OH excluding ortho intramolecular Hbond substituents is 1. The zero-order valence-corrected chi connectivity index (χ0v) is 18.5. The van der Waals surface area contributed by atoms with Crippen molar-refractivity contribution in [2.45, 2.75) is 13.3 Å². The van der Waals surface area contributed by atoms with Crippen molar-refractivity contribution in [1.82, 2.24) is 13.6 Å². The topological polar surface area (TPSA) is 113 Å². The van der Waals surface area contributed by atoms with E-state index in [1.54, 1.807) is 26.2 Å². The van der Waals surface area contributed by atoms with Crippen molar-refractivity contribution in [3.8, 4) is 5.75 Å². The lowest BCUT2D eigenvalue weighted by molar-refractivity contribution is 0.0823. The third-order valence-electron chi connectivity index (χ3n) is 4.21. The molecule has 1 amide bonds.